The van der Waals surface area contributed by atoms with E-state index >= 15 is 0 Å². The summed E-state index contributed by atoms with van der Waals surface area (Å²) in [7, 11) is 1.63. The molecule has 0 aliphatic heterocycles. The number of rotatable bonds is 5. The molecule has 0 unspecified atom stereocenters. The van der Waals surface area contributed by atoms with Gasteiger partial charge in [-0.25, -0.2) is 0 Å². The van der Waals surface area contributed by atoms with E-state index in [0.717, 1.165) is 33.9 Å². The molecule has 5 nitrogen and oxygen atoms in total. The van der Waals surface area contributed by atoms with Gasteiger partial charge in [0.1, 0.15) is 5.75 Å². The SMILES string of the molecule is COc1ccc(Nc2cncc(C(=O)Nc3c(C)cc(C)cc3C)c2)cc1. The molecule has 1 amide bonds. The lowest BCUT2D eigenvalue weighted by Gasteiger charge is -2.13. The number of amides is 1. The van der Waals surface area contributed by atoms with Gasteiger partial charge < -0.3 is 15.4 Å². The Labute approximate surface area is 159 Å². The fraction of sp³-hybridized carbons (Fsp3) is 0.182. The summed E-state index contributed by atoms with van der Waals surface area (Å²) < 4.78 is 5.16. The molecule has 0 saturated heterocycles. The van der Waals surface area contributed by atoms with Crippen LogP contribution in [0.15, 0.2) is 54.9 Å². The third-order valence-corrected chi connectivity index (χ3v) is 4.29. The van der Waals surface area contributed by atoms with Crippen LogP contribution in [0.3, 0.4) is 0 Å². The summed E-state index contributed by atoms with van der Waals surface area (Å²) in [6.45, 7) is 6.04. The fourth-order valence-electron chi connectivity index (χ4n) is 3.04. The van der Waals surface area contributed by atoms with Gasteiger partial charge in [0.15, 0.2) is 0 Å². The second-order valence-electron chi connectivity index (χ2n) is 6.54. The number of aromatic nitrogens is 1. The number of aryl methyl sites for hydroxylation is 3. The monoisotopic (exact) mass is 361 g/mol. The topological polar surface area (TPSA) is 63.2 Å². The van der Waals surface area contributed by atoms with Gasteiger partial charge in [-0.05, 0) is 62.2 Å². The molecule has 2 N–H and O–H groups in total. The van der Waals surface area contributed by atoms with Gasteiger partial charge in [0.2, 0.25) is 0 Å². The Hall–Kier alpha value is -3.34. The number of carbonyl (C=O) groups excluding carboxylic acids is 1. The number of methoxy groups -OCH3 is 1. The van der Waals surface area contributed by atoms with Gasteiger partial charge in [-0.2, -0.15) is 0 Å². The Balaban J connectivity index is 1.77. The number of pyridine rings is 1. The molecular formula is C22H23N3O2. The highest BCUT2D eigenvalue weighted by molar-refractivity contribution is 6.05. The van der Waals surface area contributed by atoms with Crippen LogP contribution in [-0.4, -0.2) is 18.0 Å². The van der Waals surface area contributed by atoms with Gasteiger partial charge in [0.25, 0.3) is 5.91 Å². The van der Waals surface area contributed by atoms with Gasteiger partial charge >= 0.3 is 0 Å². The van der Waals surface area contributed by atoms with Gasteiger partial charge in [0.05, 0.1) is 24.6 Å². The zero-order valence-corrected chi connectivity index (χ0v) is 16.0. The van der Waals surface area contributed by atoms with Gasteiger partial charge in [0, 0.05) is 17.6 Å². The Morgan fingerprint density at radius 1 is 0.926 bits per heavy atom. The third-order valence-electron chi connectivity index (χ3n) is 4.29. The molecule has 1 aromatic heterocycles. The van der Waals surface area contributed by atoms with E-state index in [1.54, 1.807) is 25.6 Å². The predicted molar refractivity (Wildman–Crippen MR) is 109 cm³/mol. The Morgan fingerprint density at radius 3 is 2.22 bits per heavy atom. The lowest BCUT2D eigenvalue weighted by molar-refractivity contribution is 0.102. The van der Waals surface area contributed by atoms with E-state index in [9.17, 15) is 4.79 Å². The van der Waals surface area contributed by atoms with Crippen LogP contribution in [-0.2, 0) is 0 Å². The molecule has 3 aromatic rings. The second kappa shape index (κ2) is 7.91. The molecule has 0 radical (unpaired) electrons. The van der Waals surface area contributed by atoms with E-state index in [4.69, 9.17) is 4.74 Å². The van der Waals surface area contributed by atoms with Crippen molar-refractivity contribution < 1.29 is 9.53 Å². The molecule has 0 aliphatic rings. The maximum atomic E-state index is 12.7. The predicted octanol–water partition coefficient (Wildman–Crippen LogP) is 5.01. The summed E-state index contributed by atoms with van der Waals surface area (Å²) in [6.07, 6.45) is 3.25. The molecule has 0 fully saturated rings. The second-order valence-corrected chi connectivity index (χ2v) is 6.54. The lowest BCUT2D eigenvalue weighted by Crippen LogP contribution is -2.14. The van der Waals surface area contributed by atoms with Crippen LogP contribution >= 0.6 is 0 Å². The Kier molecular flexibility index (Phi) is 5.41. The van der Waals surface area contributed by atoms with Gasteiger partial charge in [-0.1, -0.05) is 17.7 Å². The number of carbonyl (C=O) groups is 1. The van der Waals surface area contributed by atoms with Crippen molar-refractivity contribution in [3.8, 4) is 5.75 Å². The number of nitrogens with zero attached hydrogens (tertiary/aromatic N) is 1. The maximum absolute atomic E-state index is 12.7. The first kappa shape index (κ1) is 18.5. The Morgan fingerprint density at radius 2 is 1.59 bits per heavy atom. The van der Waals surface area contributed by atoms with Crippen molar-refractivity contribution in [1.82, 2.24) is 4.98 Å². The fourth-order valence-corrected chi connectivity index (χ4v) is 3.04. The highest BCUT2D eigenvalue weighted by Crippen LogP contribution is 2.24. The van der Waals surface area contributed by atoms with Crippen LogP contribution < -0.4 is 15.4 Å². The highest BCUT2D eigenvalue weighted by Gasteiger charge is 2.11. The van der Waals surface area contributed by atoms with Crippen molar-refractivity contribution in [1.29, 1.82) is 0 Å². The van der Waals surface area contributed by atoms with Crippen LogP contribution in [0.2, 0.25) is 0 Å². The first-order valence-electron chi connectivity index (χ1n) is 8.71. The summed E-state index contributed by atoms with van der Waals surface area (Å²) in [5.41, 5.74) is 6.23. The molecule has 0 saturated carbocycles. The normalized spacial score (nSPS) is 10.4. The minimum absolute atomic E-state index is 0.184. The van der Waals surface area contributed by atoms with Crippen molar-refractivity contribution in [2.24, 2.45) is 0 Å². The molecule has 0 bridgehead atoms. The van der Waals surface area contributed by atoms with Crippen LogP contribution in [0.5, 0.6) is 5.75 Å². The number of anilines is 3. The summed E-state index contributed by atoms with van der Waals surface area (Å²) in [4.78, 5) is 16.9. The number of ether oxygens (including phenoxy) is 1. The summed E-state index contributed by atoms with van der Waals surface area (Å²) in [6, 6.07) is 13.5. The number of hydrogen-bond donors (Lipinski definition) is 2. The molecule has 0 aliphatic carbocycles. The van der Waals surface area contributed by atoms with E-state index < -0.39 is 0 Å². The minimum Gasteiger partial charge on any atom is -0.497 e. The molecule has 138 valence electrons. The zero-order valence-electron chi connectivity index (χ0n) is 16.0. The number of nitrogens with one attached hydrogen (secondary N) is 2. The molecule has 3 rings (SSSR count). The van der Waals surface area contributed by atoms with Crippen LogP contribution in [0.4, 0.5) is 17.1 Å². The molecule has 2 aromatic carbocycles. The van der Waals surface area contributed by atoms with E-state index in [2.05, 4.69) is 27.8 Å². The maximum Gasteiger partial charge on any atom is 0.257 e. The van der Waals surface area contributed by atoms with Gasteiger partial charge in [-0.15, -0.1) is 0 Å². The highest BCUT2D eigenvalue weighted by atomic mass is 16.5. The van der Waals surface area contributed by atoms with Crippen LogP contribution in [0.1, 0.15) is 27.0 Å². The molecular weight excluding hydrogens is 338 g/mol. The van der Waals surface area contributed by atoms with E-state index in [-0.39, 0.29) is 5.91 Å². The van der Waals surface area contributed by atoms with Crippen LogP contribution in [0, 0.1) is 20.8 Å². The van der Waals surface area contributed by atoms with Crippen molar-refractivity contribution >= 4 is 23.0 Å². The van der Waals surface area contributed by atoms with Crippen molar-refractivity contribution in [3.05, 3.63) is 77.1 Å². The summed E-state index contributed by atoms with van der Waals surface area (Å²) in [5.74, 6) is 0.603. The number of hydrogen-bond acceptors (Lipinski definition) is 4. The van der Waals surface area contributed by atoms with E-state index in [0.29, 0.717) is 5.56 Å². The lowest BCUT2D eigenvalue weighted by atomic mass is 10.0. The average Bonchev–Trinajstić information content (AvgIpc) is 2.65. The molecule has 5 heteroatoms. The zero-order chi connectivity index (χ0) is 19.4. The largest absolute Gasteiger partial charge is 0.497 e. The van der Waals surface area contributed by atoms with E-state index in [1.165, 1.54) is 5.56 Å². The minimum atomic E-state index is -0.184. The number of benzene rings is 2. The van der Waals surface area contributed by atoms with Crippen molar-refractivity contribution in [2.45, 2.75) is 20.8 Å². The first-order chi connectivity index (χ1) is 13.0. The standard InChI is InChI=1S/C22H23N3O2/c1-14-9-15(2)21(16(3)10-14)25-22(26)17-11-19(13-23-12-17)24-18-5-7-20(27-4)8-6-18/h5-13,24H,1-4H3,(H,25,26). The smallest absolute Gasteiger partial charge is 0.257 e. The van der Waals surface area contributed by atoms with Crippen LogP contribution in [0.25, 0.3) is 0 Å². The first-order valence-corrected chi connectivity index (χ1v) is 8.71. The molecule has 1 heterocycles. The van der Waals surface area contributed by atoms with Crippen molar-refractivity contribution in [3.63, 3.8) is 0 Å². The summed E-state index contributed by atoms with van der Waals surface area (Å²) >= 11 is 0. The molecule has 0 spiro atoms. The van der Waals surface area contributed by atoms with Crippen molar-refractivity contribution in [2.75, 3.05) is 17.7 Å². The summed E-state index contributed by atoms with van der Waals surface area (Å²) in [5, 5.41) is 6.25. The Bertz CT molecular complexity index is 943. The van der Waals surface area contributed by atoms with Gasteiger partial charge in [-0.3, -0.25) is 9.78 Å². The van der Waals surface area contributed by atoms with E-state index in [1.807, 2.05) is 45.0 Å². The molecule has 0 atom stereocenters. The third kappa shape index (κ3) is 4.44. The average molecular weight is 361 g/mol. The quantitative estimate of drug-likeness (QED) is 0.670. The molecule has 27 heavy (non-hydrogen) atoms.